The highest BCUT2D eigenvalue weighted by molar-refractivity contribution is 5.36. The highest BCUT2D eigenvalue weighted by Crippen LogP contribution is 2.18. The molecule has 0 saturated heterocycles. The maximum atomic E-state index is 4.68. The Balaban J connectivity index is 1.66. The van der Waals surface area contributed by atoms with Crippen LogP contribution in [0.5, 0.6) is 0 Å². The van der Waals surface area contributed by atoms with Crippen molar-refractivity contribution in [3.05, 3.63) is 41.4 Å². The van der Waals surface area contributed by atoms with Crippen LogP contribution < -0.4 is 4.90 Å². The Morgan fingerprint density at radius 1 is 1.04 bits per heavy atom. The summed E-state index contributed by atoms with van der Waals surface area (Å²) in [6.45, 7) is 8.19. The summed E-state index contributed by atoms with van der Waals surface area (Å²) in [4.78, 5) is 15.7. The summed E-state index contributed by atoms with van der Waals surface area (Å²) in [5, 5.41) is 8.87. The van der Waals surface area contributed by atoms with Gasteiger partial charge in [0.05, 0.1) is 18.8 Å². The average Bonchev–Trinajstić information content (AvgIpc) is 3.07. The average molecular weight is 310 g/mol. The summed E-state index contributed by atoms with van der Waals surface area (Å²) < 4.78 is 3.80. The fourth-order valence-electron chi connectivity index (χ4n) is 2.90. The van der Waals surface area contributed by atoms with Crippen LogP contribution in [0.15, 0.2) is 18.3 Å². The minimum absolute atomic E-state index is 0.668. The van der Waals surface area contributed by atoms with Gasteiger partial charge in [0, 0.05) is 24.5 Å². The van der Waals surface area contributed by atoms with Crippen LogP contribution >= 0.6 is 0 Å². The topological polar surface area (TPSA) is 77.5 Å². The quantitative estimate of drug-likeness (QED) is 0.708. The smallest absolute Gasteiger partial charge is 0.227 e. The molecule has 1 aliphatic heterocycles. The lowest BCUT2D eigenvalue weighted by Gasteiger charge is -2.26. The van der Waals surface area contributed by atoms with Gasteiger partial charge in [-0.25, -0.2) is 19.3 Å². The molecule has 3 aromatic rings. The molecule has 0 aromatic carbocycles. The molecule has 0 amide bonds. The van der Waals surface area contributed by atoms with E-state index in [4.69, 9.17) is 0 Å². The zero-order valence-corrected chi connectivity index (χ0v) is 13.4. The van der Waals surface area contributed by atoms with Gasteiger partial charge in [-0.2, -0.15) is 15.2 Å². The predicted octanol–water partition coefficient (Wildman–Crippen LogP) is 1.20. The van der Waals surface area contributed by atoms with E-state index in [1.807, 2.05) is 42.3 Å². The molecule has 1 aliphatic rings. The van der Waals surface area contributed by atoms with Crippen molar-refractivity contribution in [1.82, 2.24) is 34.5 Å². The third-order valence-electron chi connectivity index (χ3n) is 3.91. The number of fused-ring (bicyclic) bond motifs is 1. The van der Waals surface area contributed by atoms with Crippen molar-refractivity contribution in [3.8, 4) is 5.82 Å². The lowest BCUT2D eigenvalue weighted by atomic mass is 10.4. The van der Waals surface area contributed by atoms with Crippen molar-refractivity contribution in [1.29, 1.82) is 0 Å². The number of hydrogen-bond acceptors (Lipinski definition) is 6. The second-order valence-corrected chi connectivity index (χ2v) is 5.77. The minimum atomic E-state index is 0.668. The number of nitrogens with zero attached hydrogens (tertiary/aromatic N) is 8. The lowest BCUT2D eigenvalue weighted by Crippen LogP contribution is -2.35. The second kappa shape index (κ2) is 5.15. The Bertz CT molecular complexity index is 862. The molecule has 118 valence electrons. The van der Waals surface area contributed by atoms with E-state index in [1.165, 1.54) is 0 Å². The molecule has 8 heteroatoms. The van der Waals surface area contributed by atoms with Crippen molar-refractivity contribution in [3.63, 3.8) is 0 Å². The number of hydrogen-bond donors (Lipinski definition) is 0. The SMILES string of the molecule is Cc1cc(C)n(-c2ccnc(N3CCn4nc(C)nc4C3)n2)n1. The summed E-state index contributed by atoms with van der Waals surface area (Å²) in [5.41, 5.74) is 2.03. The maximum absolute atomic E-state index is 4.68. The molecule has 0 N–H and O–H groups in total. The molecule has 0 atom stereocenters. The molecule has 4 heterocycles. The molecular formula is C15H18N8. The summed E-state index contributed by atoms with van der Waals surface area (Å²) in [6, 6.07) is 3.91. The molecule has 3 aromatic heterocycles. The van der Waals surface area contributed by atoms with Gasteiger partial charge in [0.25, 0.3) is 0 Å². The first kappa shape index (κ1) is 13.9. The molecule has 0 unspecified atom stereocenters. The maximum Gasteiger partial charge on any atom is 0.227 e. The van der Waals surface area contributed by atoms with E-state index in [9.17, 15) is 0 Å². The number of aromatic nitrogens is 7. The van der Waals surface area contributed by atoms with Crippen molar-refractivity contribution in [2.45, 2.75) is 33.9 Å². The van der Waals surface area contributed by atoms with Gasteiger partial charge >= 0.3 is 0 Å². The molecule has 4 rings (SSSR count). The van der Waals surface area contributed by atoms with E-state index < -0.39 is 0 Å². The van der Waals surface area contributed by atoms with Gasteiger partial charge in [-0.1, -0.05) is 0 Å². The molecule has 0 radical (unpaired) electrons. The first-order chi connectivity index (χ1) is 11.1. The van der Waals surface area contributed by atoms with Gasteiger partial charge in [0.2, 0.25) is 5.95 Å². The Hall–Kier alpha value is -2.77. The zero-order valence-electron chi connectivity index (χ0n) is 13.4. The van der Waals surface area contributed by atoms with Crippen molar-refractivity contribution < 1.29 is 0 Å². The molecular weight excluding hydrogens is 292 g/mol. The largest absolute Gasteiger partial charge is 0.331 e. The van der Waals surface area contributed by atoms with Crippen molar-refractivity contribution in [2.75, 3.05) is 11.4 Å². The molecule has 0 fully saturated rings. The Kier molecular flexibility index (Phi) is 3.10. The van der Waals surface area contributed by atoms with Gasteiger partial charge in [-0.15, -0.1) is 0 Å². The first-order valence-corrected chi connectivity index (χ1v) is 7.62. The monoisotopic (exact) mass is 310 g/mol. The molecule has 0 saturated carbocycles. The van der Waals surface area contributed by atoms with Gasteiger partial charge in [0.1, 0.15) is 11.6 Å². The van der Waals surface area contributed by atoms with E-state index in [2.05, 4.69) is 30.0 Å². The highest BCUT2D eigenvalue weighted by Gasteiger charge is 2.21. The second-order valence-electron chi connectivity index (χ2n) is 5.77. The fraction of sp³-hybridized carbons (Fsp3) is 0.400. The fourth-order valence-corrected chi connectivity index (χ4v) is 2.90. The van der Waals surface area contributed by atoms with Gasteiger partial charge in [-0.3, -0.25) is 0 Å². The number of anilines is 1. The Morgan fingerprint density at radius 2 is 1.91 bits per heavy atom. The number of aryl methyl sites for hydroxylation is 3. The van der Waals surface area contributed by atoms with Crippen LogP contribution in [-0.2, 0) is 13.1 Å². The van der Waals surface area contributed by atoms with Crippen LogP contribution in [-0.4, -0.2) is 41.1 Å². The van der Waals surface area contributed by atoms with Crippen molar-refractivity contribution >= 4 is 5.95 Å². The summed E-state index contributed by atoms with van der Waals surface area (Å²) in [7, 11) is 0. The lowest BCUT2D eigenvalue weighted by molar-refractivity contribution is 0.505. The van der Waals surface area contributed by atoms with Crippen LogP contribution in [0.1, 0.15) is 23.0 Å². The zero-order chi connectivity index (χ0) is 16.0. The van der Waals surface area contributed by atoms with Crippen LogP contribution in [0.2, 0.25) is 0 Å². The standard InChI is InChI=1S/C15H18N8/c1-10-8-11(2)23(19-10)13-4-5-16-15(18-13)21-6-7-22-14(9-21)17-12(3)20-22/h4-5,8H,6-7,9H2,1-3H3. The van der Waals surface area contributed by atoms with Crippen LogP contribution in [0.4, 0.5) is 5.95 Å². The van der Waals surface area contributed by atoms with Gasteiger partial charge in [0.15, 0.2) is 5.82 Å². The van der Waals surface area contributed by atoms with Gasteiger partial charge < -0.3 is 4.90 Å². The molecule has 23 heavy (non-hydrogen) atoms. The van der Waals surface area contributed by atoms with E-state index in [0.717, 1.165) is 41.9 Å². The molecule has 0 aliphatic carbocycles. The van der Waals surface area contributed by atoms with E-state index >= 15 is 0 Å². The minimum Gasteiger partial charge on any atom is -0.331 e. The first-order valence-electron chi connectivity index (χ1n) is 7.62. The summed E-state index contributed by atoms with van der Waals surface area (Å²) in [6.07, 6.45) is 1.78. The predicted molar refractivity (Wildman–Crippen MR) is 84.4 cm³/mol. The normalized spacial score (nSPS) is 14.1. The van der Waals surface area contributed by atoms with E-state index in [1.54, 1.807) is 6.20 Å². The molecule has 0 bridgehead atoms. The third-order valence-corrected chi connectivity index (χ3v) is 3.91. The Morgan fingerprint density at radius 3 is 2.70 bits per heavy atom. The summed E-state index contributed by atoms with van der Waals surface area (Å²) >= 11 is 0. The van der Waals surface area contributed by atoms with E-state index in [-0.39, 0.29) is 0 Å². The number of rotatable bonds is 2. The Labute approximate surface area is 133 Å². The summed E-state index contributed by atoms with van der Waals surface area (Å²) in [5.74, 6) is 3.24. The van der Waals surface area contributed by atoms with Crippen LogP contribution in [0.3, 0.4) is 0 Å². The van der Waals surface area contributed by atoms with Gasteiger partial charge in [-0.05, 0) is 26.8 Å². The molecule has 8 nitrogen and oxygen atoms in total. The molecule has 0 spiro atoms. The third kappa shape index (κ3) is 2.45. The van der Waals surface area contributed by atoms with Crippen LogP contribution in [0, 0.1) is 20.8 Å². The van der Waals surface area contributed by atoms with Crippen molar-refractivity contribution in [2.24, 2.45) is 0 Å². The van der Waals surface area contributed by atoms with E-state index in [0.29, 0.717) is 12.5 Å². The van der Waals surface area contributed by atoms with Crippen LogP contribution in [0.25, 0.3) is 5.82 Å². The highest BCUT2D eigenvalue weighted by atomic mass is 15.4.